The van der Waals surface area contributed by atoms with E-state index in [0.717, 1.165) is 5.56 Å². The van der Waals surface area contributed by atoms with Gasteiger partial charge in [-0.1, -0.05) is 23.7 Å². The van der Waals surface area contributed by atoms with E-state index in [1.165, 1.54) is 7.11 Å². The Labute approximate surface area is 128 Å². The maximum Gasteiger partial charge on any atom is 0.246 e. The monoisotopic (exact) mass is 314 g/mol. The summed E-state index contributed by atoms with van der Waals surface area (Å²) in [6.45, 7) is 0.553. The highest BCUT2D eigenvalue weighted by atomic mass is 35.5. The number of nitrogens with two attached hydrogens (primary N) is 1. The second-order valence-corrected chi connectivity index (χ2v) is 4.84. The number of rotatable bonds is 9. The van der Waals surface area contributed by atoms with Crippen LogP contribution in [0.5, 0.6) is 0 Å². The molecule has 1 rings (SSSR count). The fourth-order valence-electron chi connectivity index (χ4n) is 1.67. The van der Waals surface area contributed by atoms with Gasteiger partial charge in [-0.2, -0.15) is 0 Å². The van der Waals surface area contributed by atoms with Crippen LogP contribution in [0.4, 0.5) is 0 Å². The Hall–Kier alpha value is -1.63. The number of benzene rings is 1. The molecule has 0 aromatic heterocycles. The van der Waals surface area contributed by atoms with E-state index in [4.69, 9.17) is 26.8 Å². The third-order valence-electron chi connectivity index (χ3n) is 2.67. The van der Waals surface area contributed by atoms with E-state index < -0.39 is 17.9 Å². The predicted molar refractivity (Wildman–Crippen MR) is 79.0 cm³/mol. The lowest BCUT2D eigenvalue weighted by atomic mass is 10.1. The molecule has 6 nitrogen and oxygen atoms in total. The van der Waals surface area contributed by atoms with E-state index in [2.05, 4.69) is 5.32 Å². The number of halogens is 1. The first-order valence-corrected chi connectivity index (χ1v) is 6.80. The van der Waals surface area contributed by atoms with Gasteiger partial charge in [0.1, 0.15) is 12.6 Å². The van der Waals surface area contributed by atoms with Gasteiger partial charge in [0.05, 0.1) is 13.2 Å². The van der Waals surface area contributed by atoms with E-state index >= 15 is 0 Å². The Bertz CT molecular complexity index is 482. The number of hydrogen-bond donors (Lipinski definition) is 2. The molecule has 0 heterocycles. The van der Waals surface area contributed by atoms with E-state index in [1.54, 1.807) is 18.2 Å². The van der Waals surface area contributed by atoms with Crippen molar-refractivity contribution in [1.29, 1.82) is 0 Å². The molecule has 0 saturated carbocycles. The summed E-state index contributed by atoms with van der Waals surface area (Å²) in [5, 5.41) is 3.10. The molecule has 3 N–H and O–H groups in total. The lowest BCUT2D eigenvalue weighted by molar-refractivity contribution is -0.130. The highest BCUT2D eigenvalue weighted by Gasteiger charge is 2.18. The maximum absolute atomic E-state index is 11.7. The zero-order chi connectivity index (χ0) is 15.7. The number of nitrogens with one attached hydrogen (secondary N) is 1. The van der Waals surface area contributed by atoms with Crippen LogP contribution in [-0.4, -0.2) is 44.8 Å². The summed E-state index contributed by atoms with van der Waals surface area (Å²) < 4.78 is 9.87. The minimum Gasteiger partial charge on any atom is -0.382 e. The van der Waals surface area contributed by atoms with Crippen molar-refractivity contribution in [2.75, 3.05) is 26.9 Å². The number of ether oxygens (including phenoxy) is 2. The molecule has 7 heteroatoms. The number of methoxy groups -OCH3 is 1. The van der Waals surface area contributed by atoms with Crippen LogP contribution < -0.4 is 11.1 Å². The average Bonchev–Trinajstić information content (AvgIpc) is 2.43. The SMILES string of the molecule is COCCOCC(=O)N[C@H](Cc1cccc(Cl)c1)C(N)=O. The first kappa shape index (κ1) is 17.4. The van der Waals surface area contributed by atoms with Crippen LogP contribution in [0, 0.1) is 0 Å². The Kier molecular flexibility index (Phi) is 7.74. The molecule has 1 atom stereocenters. The van der Waals surface area contributed by atoms with Crippen LogP contribution in [0.25, 0.3) is 0 Å². The van der Waals surface area contributed by atoms with Crippen molar-refractivity contribution in [3.05, 3.63) is 34.9 Å². The minimum atomic E-state index is -0.804. The molecule has 1 aromatic carbocycles. The first-order valence-electron chi connectivity index (χ1n) is 6.42. The van der Waals surface area contributed by atoms with Gasteiger partial charge in [-0.15, -0.1) is 0 Å². The smallest absolute Gasteiger partial charge is 0.246 e. The van der Waals surface area contributed by atoms with Crippen molar-refractivity contribution in [3.63, 3.8) is 0 Å². The predicted octanol–water partition coefficient (Wildman–Crippen LogP) is 0.516. The Balaban J connectivity index is 2.50. The number of primary amides is 1. The van der Waals surface area contributed by atoms with E-state index in [9.17, 15) is 9.59 Å². The van der Waals surface area contributed by atoms with E-state index in [0.29, 0.717) is 18.2 Å². The molecule has 2 amide bonds. The van der Waals surface area contributed by atoms with Gasteiger partial charge in [-0.25, -0.2) is 0 Å². The molecule has 0 bridgehead atoms. The molecular weight excluding hydrogens is 296 g/mol. The van der Waals surface area contributed by atoms with Crippen molar-refractivity contribution >= 4 is 23.4 Å². The van der Waals surface area contributed by atoms with Crippen LogP contribution in [-0.2, 0) is 25.5 Å². The first-order chi connectivity index (χ1) is 10.0. The second-order valence-electron chi connectivity index (χ2n) is 4.40. The summed E-state index contributed by atoms with van der Waals surface area (Å²) in [5.74, 6) is -1.02. The molecule has 116 valence electrons. The molecular formula is C14H19ClN2O4. The lowest BCUT2D eigenvalue weighted by Crippen LogP contribution is -2.47. The summed E-state index contributed by atoms with van der Waals surface area (Å²) in [6, 6.07) is 6.22. The zero-order valence-electron chi connectivity index (χ0n) is 11.8. The van der Waals surface area contributed by atoms with Gasteiger partial charge in [-0.3, -0.25) is 9.59 Å². The summed E-state index contributed by atoms with van der Waals surface area (Å²) >= 11 is 5.88. The average molecular weight is 315 g/mol. The Morgan fingerprint density at radius 3 is 2.76 bits per heavy atom. The molecule has 0 aliphatic carbocycles. The summed E-state index contributed by atoms with van der Waals surface area (Å²) in [4.78, 5) is 23.1. The quantitative estimate of drug-likeness (QED) is 0.650. The lowest BCUT2D eigenvalue weighted by Gasteiger charge is -2.15. The van der Waals surface area contributed by atoms with E-state index in [1.807, 2.05) is 6.07 Å². The standard InChI is InChI=1S/C14H19ClN2O4/c1-20-5-6-21-9-13(18)17-12(14(16)19)8-10-3-2-4-11(15)7-10/h2-4,7,12H,5-6,8-9H2,1H3,(H2,16,19)(H,17,18)/t12-/m1/s1. The normalized spacial score (nSPS) is 11.9. The molecule has 1 aromatic rings. The largest absolute Gasteiger partial charge is 0.382 e. The van der Waals surface area contributed by atoms with Gasteiger partial charge in [0.25, 0.3) is 0 Å². The van der Waals surface area contributed by atoms with Gasteiger partial charge in [0.2, 0.25) is 11.8 Å². The van der Waals surface area contributed by atoms with Crippen LogP contribution in [0.2, 0.25) is 5.02 Å². The van der Waals surface area contributed by atoms with Gasteiger partial charge >= 0.3 is 0 Å². The summed E-state index contributed by atoms with van der Waals surface area (Å²) in [7, 11) is 1.54. The van der Waals surface area contributed by atoms with Crippen LogP contribution >= 0.6 is 11.6 Å². The zero-order valence-corrected chi connectivity index (χ0v) is 12.6. The Morgan fingerprint density at radius 2 is 2.14 bits per heavy atom. The number of amides is 2. The summed E-state index contributed by atoms with van der Waals surface area (Å²) in [6.07, 6.45) is 0.277. The molecule has 21 heavy (non-hydrogen) atoms. The van der Waals surface area contributed by atoms with Crippen LogP contribution in [0.1, 0.15) is 5.56 Å². The van der Waals surface area contributed by atoms with E-state index in [-0.39, 0.29) is 13.0 Å². The van der Waals surface area contributed by atoms with Crippen LogP contribution in [0.15, 0.2) is 24.3 Å². The van der Waals surface area contributed by atoms with Crippen LogP contribution in [0.3, 0.4) is 0 Å². The minimum absolute atomic E-state index is 0.150. The van der Waals surface area contributed by atoms with Gasteiger partial charge < -0.3 is 20.5 Å². The highest BCUT2D eigenvalue weighted by molar-refractivity contribution is 6.30. The second kappa shape index (κ2) is 9.33. The molecule has 0 fully saturated rings. The number of hydrogen-bond acceptors (Lipinski definition) is 4. The third-order valence-corrected chi connectivity index (χ3v) is 2.91. The highest BCUT2D eigenvalue weighted by Crippen LogP contribution is 2.12. The molecule has 0 unspecified atom stereocenters. The molecule has 0 aliphatic rings. The van der Waals surface area contributed by atoms with Gasteiger partial charge in [0.15, 0.2) is 0 Å². The third kappa shape index (κ3) is 7.08. The fourth-order valence-corrected chi connectivity index (χ4v) is 1.88. The van der Waals surface area contributed by atoms with Crippen molar-refractivity contribution in [2.45, 2.75) is 12.5 Å². The Morgan fingerprint density at radius 1 is 1.38 bits per heavy atom. The fraction of sp³-hybridized carbons (Fsp3) is 0.429. The number of carbonyl (C=O) groups excluding carboxylic acids is 2. The maximum atomic E-state index is 11.7. The number of carbonyl (C=O) groups is 2. The van der Waals surface area contributed by atoms with Crippen molar-refractivity contribution in [3.8, 4) is 0 Å². The van der Waals surface area contributed by atoms with Gasteiger partial charge in [0, 0.05) is 18.6 Å². The molecule has 0 radical (unpaired) electrons. The summed E-state index contributed by atoms with van der Waals surface area (Å²) in [5.41, 5.74) is 6.11. The molecule has 0 saturated heterocycles. The topological polar surface area (TPSA) is 90.7 Å². The van der Waals surface area contributed by atoms with Crippen molar-refractivity contribution in [2.24, 2.45) is 5.73 Å². The van der Waals surface area contributed by atoms with Crippen molar-refractivity contribution in [1.82, 2.24) is 5.32 Å². The van der Waals surface area contributed by atoms with Gasteiger partial charge in [-0.05, 0) is 17.7 Å². The van der Waals surface area contributed by atoms with Crippen molar-refractivity contribution < 1.29 is 19.1 Å². The molecule has 0 spiro atoms. The molecule has 0 aliphatic heterocycles.